The van der Waals surface area contributed by atoms with Gasteiger partial charge in [0.15, 0.2) is 12.1 Å². The average molecular weight is 286 g/mol. The van der Waals surface area contributed by atoms with Gasteiger partial charge in [-0.15, -0.1) is 0 Å². The van der Waals surface area contributed by atoms with Crippen molar-refractivity contribution in [2.45, 2.75) is 39.3 Å². The Balaban J connectivity index is 2.63. The van der Waals surface area contributed by atoms with E-state index < -0.39 is 30.4 Å². The van der Waals surface area contributed by atoms with E-state index in [1.54, 1.807) is 12.2 Å². The topological polar surface area (TPSA) is 88.1 Å². The summed E-state index contributed by atoms with van der Waals surface area (Å²) in [5.41, 5.74) is 0. The molecule has 0 aromatic carbocycles. The molecule has 0 saturated carbocycles. The summed E-state index contributed by atoms with van der Waals surface area (Å²) in [5, 5.41) is 0. The van der Waals surface area contributed by atoms with Crippen LogP contribution in [0.3, 0.4) is 0 Å². The molecule has 0 radical (unpaired) electrons. The monoisotopic (exact) mass is 286 g/mol. The number of hydrogen-bond acceptors (Lipinski definition) is 7. The Morgan fingerprint density at radius 1 is 1.10 bits per heavy atom. The molecule has 1 aliphatic rings. The first kappa shape index (κ1) is 16.3. The summed E-state index contributed by atoms with van der Waals surface area (Å²) in [6.45, 7) is 3.77. The quantitative estimate of drug-likeness (QED) is 0.514. The molecule has 0 saturated heterocycles. The zero-order valence-electron chi connectivity index (χ0n) is 11.7. The Labute approximate surface area is 116 Å². The second-order valence-corrected chi connectivity index (χ2v) is 4.32. The van der Waals surface area contributed by atoms with E-state index in [1.165, 1.54) is 20.8 Å². The molecule has 112 valence electrons. The van der Waals surface area contributed by atoms with Gasteiger partial charge in [0.25, 0.3) is 0 Å². The molecule has 1 aliphatic heterocycles. The van der Waals surface area contributed by atoms with Gasteiger partial charge in [-0.25, -0.2) is 0 Å². The lowest BCUT2D eigenvalue weighted by atomic mass is 10.1. The van der Waals surface area contributed by atoms with E-state index in [1.807, 2.05) is 0 Å². The molecule has 0 aromatic rings. The van der Waals surface area contributed by atoms with Crippen molar-refractivity contribution in [1.82, 2.24) is 0 Å². The Bertz CT molecular complexity index is 402. The van der Waals surface area contributed by atoms with Crippen LogP contribution in [0.4, 0.5) is 0 Å². The molecular formula is C13H18O7. The van der Waals surface area contributed by atoms with Crippen LogP contribution in [0.15, 0.2) is 12.2 Å². The van der Waals surface area contributed by atoms with Crippen molar-refractivity contribution >= 4 is 17.7 Å². The summed E-state index contributed by atoms with van der Waals surface area (Å²) < 4.78 is 20.6. The minimum Gasteiger partial charge on any atom is -0.463 e. The molecule has 0 fully saturated rings. The third kappa shape index (κ3) is 5.94. The molecule has 0 aliphatic carbocycles. The predicted octanol–water partition coefficient (Wildman–Crippen LogP) is 0.368. The van der Waals surface area contributed by atoms with E-state index in [2.05, 4.69) is 0 Å². The number of carbonyl (C=O) groups is 3. The lowest BCUT2D eigenvalue weighted by molar-refractivity contribution is -0.196. The maximum atomic E-state index is 11.0. The first-order valence-electron chi connectivity index (χ1n) is 6.14. The van der Waals surface area contributed by atoms with Gasteiger partial charge in [0.1, 0.15) is 25.4 Å². The highest BCUT2D eigenvalue weighted by atomic mass is 16.7. The van der Waals surface area contributed by atoms with Crippen LogP contribution in [0.25, 0.3) is 0 Å². The van der Waals surface area contributed by atoms with E-state index in [9.17, 15) is 14.4 Å². The summed E-state index contributed by atoms with van der Waals surface area (Å²) in [6.07, 6.45) is 1.05. The number of carbonyl (C=O) groups excluding carboxylic acids is 3. The number of esters is 2. The molecular weight excluding hydrogens is 268 g/mol. The smallest absolute Gasteiger partial charge is 0.303 e. The van der Waals surface area contributed by atoms with Crippen LogP contribution in [0.1, 0.15) is 20.8 Å². The van der Waals surface area contributed by atoms with Crippen LogP contribution in [0.5, 0.6) is 0 Å². The van der Waals surface area contributed by atoms with Gasteiger partial charge < -0.3 is 18.9 Å². The highest BCUT2D eigenvalue weighted by Crippen LogP contribution is 2.17. The van der Waals surface area contributed by atoms with Crippen molar-refractivity contribution < 1.29 is 33.3 Å². The standard InChI is InChI=1S/C13H18O7/c1-8(14)6-18-13-5-4-11(19-10(3)16)12(20-13)7-17-9(2)15/h4-5,11-13H,6-7H2,1-3H3/t11-,12+,13-/m0/s1. The fourth-order valence-corrected chi connectivity index (χ4v) is 1.55. The van der Waals surface area contributed by atoms with Gasteiger partial charge in [-0.1, -0.05) is 0 Å². The molecule has 1 heterocycles. The van der Waals surface area contributed by atoms with Gasteiger partial charge in [0.2, 0.25) is 0 Å². The van der Waals surface area contributed by atoms with Gasteiger partial charge in [-0.3, -0.25) is 14.4 Å². The number of rotatable bonds is 6. The fourth-order valence-electron chi connectivity index (χ4n) is 1.55. The Morgan fingerprint density at radius 3 is 2.35 bits per heavy atom. The first-order valence-corrected chi connectivity index (χ1v) is 6.14. The largest absolute Gasteiger partial charge is 0.463 e. The maximum absolute atomic E-state index is 11.0. The Morgan fingerprint density at radius 2 is 1.80 bits per heavy atom. The molecule has 0 spiro atoms. The van der Waals surface area contributed by atoms with Crippen molar-refractivity contribution in [1.29, 1.82) is 0 Å². The Hall–Kier alpha value is -1.73. The summed E-state index contributed by atoms with van der Waals surface area (Å²) in [6, 6.07) is 0. The molecule has 0 unspecified atom stereocenters. The molecule has 0 bridgehead atoms. The van der Waals surface area contributed by atoms with Crippen molar-refractivity contribution in [3.8, 4) is 0 Å². The second-order valence-electron chi connectivity index (χ2n) is 4.32. The van der Waals surface area contributed by atoms with Gasteiger partial charge in [-0.2, -0.15) is 0 Å². The van der Waals surface area contributed by atoms with Gasteiger partial charge >= 0.3 is 11.9 Å². The van der Waals surface area contributed by atoms with Crippen molar-refractivity contribution in [2.24, 2.45) is 0 Å². The third-order valence-electron chi connectivity index (χ3n) is 2.34. The molecule has 3 atom stereocenters. The maximum Gasteiger partial charge on any atom is 0.303 e. The summed E-state index contributed by atoms with van der Waals surface area (Å²) in [5.74, 6) is -1.08. The van der Waals surface area contributed by atoms with Crippen LogP contribution >= 0.6 is 0 Å². The zero-order chi connectivity index (χ0) is 15.1. The Kier molecular flexibility index (Phi) is 6.33. The number of ether oxygens (including phenoxy) is 4. The third-order valence-corrected chi connectivity index (χ3v) is 2.34. The SMILES string of the molecule is CC(=O)CO[C@@H]1C=C[C@H](OC(C)=O)[C@@H](COC(C)=O)O1. The van der Waals surface area contributed by atoms with Gasteiger partial charge in [0, 0.05) is 13.8 Å². The minimum absolute atomic E-state index is 0.0719. The highest BCUT2D eigenvalue weighted by molar-refractivity contribution is 5.76. The van der Waals surface area contributed by atoms with E-state index in [0.717, 1.165) is 0 Å². The molecule has 0 aromatic heterocycles. The molecule has 7 heteroatoms. The average Bonchev–Trinajstić information content (AvgIpc) is 2.35. The molecule has 0 N–H and O–H groups in total. The molecule has 1 rings (SSSR count). The minimum atomic E-state index is -0.744. The van der Waals surface area contributed by atoms with E-state index in [-0.39, 0.29) is 19.0 Å². The zero-order valence-corrected chi connectivity index (χ0v) is 11.7. The van der Waals surface area contributed by atoms with Crippen molar-refractivity contribution in [3.63, 3.8) is 0 Å². The van der Waals surface area contributed by atoms with Crippen LogP contribution in [0.2, 0.25) is 0 Å². The van der Waals surface area contributed by atoms with Crippen LogP contribution < -0.4 is 0 Å². The van der Waals surface area contributed by atoms with E-state index in [4.69, 9.17) is 18.9 Å². The van der Waals surface area contributed by atoms with Crippen LogP contribution in [-0.2, 0) is 33.3 Å². The van der Waals surface area contributed by atoms with Gasteiger partial charge in [0.05, 0.1) is 0 Å². The number of ketones is 1. The van der Waals surface area contributed by atoms with Crippen molar-refractivity contribution in [2.75, 3.05) is 13.2 Å². The van der Waals surface area contributed by atoms with Gasteiger partial charge in [-0.05, 0) is 19.1 Å². The highest BCUT2D eigenvalue weighted by Gasteiger charge is 2.31. The summed E-state index contributed by atoms with van der Waals surface area (Å²) >= 11 is 0. The predicted molar refractivity (Wildman–Crippen MR) is 66.6 cm³/mol. The van der Waals surface area contributed by atoms with E-state index in [0.29, 0.717) is 0 Å². The summed E-state index contributed by atoms with van der Waals surface area (Å²) in [7, 11) is 0. The van der Waals surface area contributed by atoms with E-state index >= 15 is 0 Å². The lowest BCUT2D eigenvalue weighted by Gasteiger charge is -2.31. The van der Waals surface area contributed by atoms with Crippen LogP contribution in [0, 0.1) is 0 Å². The molecule has 7 nitrogen and oxygen atoms in total. The number of hydrogen-bond donors (Lipinski definition) is 0. The molecule has 20 heavy (non-hydrogen) atoms. The summed E-state index contributed by atoms with van der Waals surface area (Å²) in [4.78, 5) is 32.7. The fraction of sp³-hybridized carbons (Fsp3) is 0.615. The normalized spacial score (nSPS) is 25.1. The molecule has 0 amide bonds. The lowest BCUT2D eigenvalue weighted by Crippen LogP contribution is -2.42. The second kappa shape index (κ2) is 7.76. The van der Waals surface area contributed by atoms with Crippen molar-refractivity contribution in [3.05, 3.63) is 12.2 Å². The van der Waals surface area contributed by atoms with Crippen LogP contribution in [-0.4, -0.2) is 49.4 Å². The first-order chi connectivity index (χ1) is 9.38. The number of Topliss-reactive ketones (excluding diaryl/α,β-unsaturated/α-hetero) is 1.